The van der Waals surface area contributed by atoms with Crippen molar-refractivity contribution < 1.29 is 0 Å². The van der Waals surface area contributed by atoms with Crippen molar-refractivity contribution in [3.63, 3.8) is 0 Å². The van der Waals surface area contributed by atoms with Crippen LogP contribution >= 0.6 is 0 Å². The molecule has 1 heterocycles. The Bertz CT molecular complexity index is 549. The van der Waals surface area contributed by atoms with Crippen LogP contribution in [0, 0.1) is 0 Å². The SMILES string of the molecule is CC(N)C(c1cccnc1)N(Cc1ccccc1)C1CC1. The lowest BCUT2D eigenvalue weighted by molar-refractivity contribution is 0.157. The number of hydrogen-bond acceptors (Lipinski definition) is 3. The number of aromatic nitrogens is 1. The van der Waals surface area contributed by atoms with E-state index in [1.807, 2.05) is 18.5 Å². The topological polar surface area (TPSA) is 42.1 Å². The average molecular weight is 281 g/mol. The molecule has 0 spiro atoms. The van der Waals surface area contributed by atoms with E-state index < -0.39 is 0 Å². The number of pyridine rings is 1. The van der Waals surface area contributed by atoms with Crippen LogP contribution in [0.3, 0.4) is 0 Å². The zero-order valence-corrected chi connectivity index (χ0v) is 12.5. The molecule has 0 saturated heterocycles. The van der Waals surface area contributed by atoms with Gasteiger partial charge in [0.1, 0.15) is 0 Å². The van der Waals surface area contributed by atoms with Crippen LogP contribution in [0.1, 0.15) is 36.9 Å². The summed E-state index contributed by atoms with van der Waals surface area (Å²) in [5, 5.41) is 0. The molecule has 2 N–H and O–H groups in total. The molecule has 2 atom stereocenters. The van der Waals surface area contributed by atoms with Crippen LogP contribution in [-0.4, -0.2) is 22.0 Å². The lowest BCUT2D eigenvalue weighted by atomic mass is 9.99. The molecule has 0 aliphatic heterocycles. The fourth-order valence-corrected chi connectivity index (χ4v) is 3.00. The Morgan fingerprint density at radius 1 is 1.19 bits per heavy atom. The van der Waals surface area contributed by atoms with E-state index in [9.17, 15) is 0 Å². The molecule has 0 amide bonds. The van der Waals surface area contributed by atoms with Gasteiger partial charge in [-0.15, -0.1) is 0 Å². The summed E-state index contributed by atoms with van der Waals surface area (Å²) >= 11 is 0. The third-order valence-corrected chi connectivity index (χ3v) is 4.11. The molecule has 0 bridgehead atoms. The van der Waals surface area contributed by atoms with Crippen molar-refractivity contribution >= 4 is 0 Å². The number of rotatable bonds is 6. The van der Waals surface area contributed by atoms with E-state index in [1.54, 1.807) is 0 Å². The average Bonchev–Trinajstić information content (AvgIpc) is 3.33. The Morgan fingerprint density at radius 3 is 2.52 bits per heavy atom. The highest BCUT2D eigenvalue weighted by Crippen LogP contribution is 2.36. The molecule has 0 radical (unpaired) electrons. The molecule has 1 fully saturated rings. The first kappa shape index (κ1) is 14.2. The zero-order chi connectivity index (χ0) is 14.7. The predicted molar refractivity (Wildman–Crippen MR) is 85.6 cm³/mol. The third-order valence-electron chi connectivity index (χ3n) is 4.11. The van der Waals surface area contributed by atoms with Gasteiger partial charge in [0.15, 0.2) is 0 Å². The number of nitrogens with zero attached hydrogens (tertiary/aromatic N) is 2. The first-order valence-corrected chi connectivity index (χ1v) is 7.71. The lowest BCUT2D eigenvalue weighted by Crippen LogP contribution is -2.40. The molecule has 3 rings (SSSR count). The Morgan fingerprint density at radius 2 is 1.95 bits per heavy atom. The minimum Gasteiger partial charge on any atom is -0.326 e. The van der Waals surface area contributed by atoms with Crippen LogP contribution in [0.25, 0.3) is 0 Å². The highest BCUT2D eigenvalue weighted by molar-refractivity contribution is 5.20. The second kappa shape index (κ2) is 6.37. The Kier molecular flexibility index (Phi) is 4.32. The normalized spacial score (nSPS) is 17.7. The first-order chi connectivity index (χ1) is 10.3. The van der Waals surface area contributed by atoms with E-state index in [0.29, 0.717) is 6.04 Å². The molecule has 1 aliphatic carbocycles. The van der Waals surface area contributed by atoms with Crippen molar-refractivity contribution in [2.24, 2.45) is 5.73 Å². The summed E-state index contributed by atoms with van der Waals surface area (Å²) < 4.78 is 0. The maximum atomic E-state index is 6.32. The molecule has 2 aromatic rings. The third kappa shape index (κ3) is 3.49. The largest absolute Gasteiger partial charge is 0.326 e. The van der Waals surface area contributed by atoms with E-state index in [1.165, 1.54) is 24.0 Å². The standard InChI is InChI=1S/C18H23N3/c1-14(19)18(16-8-5-11-20-12-16)21(17-9-10-17)13-15-6-3-2-4-7-15/h2-8,11-12,14,17-18H,9-10,13,19H2,1H3. The zero-order valence-electron chi connectivity index (χ0n) is 12.5. The lowest BCUT2D eigenvalue weighted by Gasteiger charge is -2.34. The number of benzene rings is 1. The number of hydrogen-bond donors (Lipinski definition) is 1. The summed E-state index contributed by atoms with van der Waals surface area (Å²) in [6.45, 7) is 3.05. The Labute approximate surface area is 126 Å². The van der Waals surface area contributed by atoms with Gasteiger partial charge in [0.2, 0.25) is 0 Å². The summed E-state index contributed by atoms with van der Waals surface area (Å²) in [6.07, 6.45) is 6.32. The quantitative estimate of drug-likeness (QED) is 0.884. The van der Waals surface area contributed by atoms with Gasteiger partial charge in [-0.05, 0) is 37.0 Å². The summed E-state index contributed by atoms with van der Waals surface area (Å²) in [6, 6.07) is 15.8. The van der Waals surface area contributed by atoms with E-state index >= 15 is 0 Å². The monoisotopic (exact) mass is 281 g/mol. The summed E-state index contributed by atoms with van der Waals surface area (Å²) in [7, 11) is 0. The molecular weight excluding hydrogens is 258 g/mol. The van der Waals surface area contributed by atoms with Crippen LogP contribution < -0.4 is 5.73 Å². The van der Waals surface area contributed by atoms with Crippen LogP contribution in [0.2, 0.25) is 0 Å². The van der Waals surface area contributed by atoms with Gasteiger partial charge in [0.25, 0.3) is 0 Å². The van der Waals surface area contributed by atoms with Gasteiger partial charge in [-0.1, -0.05) is 36.4 Å². The highest BCUT2D eigenvalue weighted by atomic mass is 15.2. The van der Waals surface area contributed by atoms with Gasteiger partial charge in [-0.3, -0.25) is 9.88 Å². The second-order valence-corrected chi connectivity index (χ2v) is 5.98. The molecular formula is C18H23N3. The van der Waals surface area contributed by atoms with Crippen LogP contribution in [0.15, 0.2) is 54.9 Å². The Balaban J connectivity index is 1.87. The molecule has 110 valence electrons. The molecule has 3 nitrogen and oxygen atoms in total. The van der Waals surface area contributed by atoms with Crippen molar-refractivity contribution in [1.29, 1.82) is 0 Å². The minimum absolute atomic E-state index is 0.0820. The second-order valence-electron chi connectivity index (χ2n) is 5.98. The summed E-state index contributed by atoms with van der Waals surface area (Å²) in [5.41, 5.74) is 8.88. The minimum atomic E-state index is 0.0820. The van der Waals surface area contributed by atoms with Crippen molar-refractivity contribution in [2.45, 2.75) is 44.4 Å². The predicted octanol–water partition coefficient (Wildman–Crippen LogP) is 3.13. The smallest absolute Gasteiger partial charge is 0.0518 e. The highest BCUT2D eigenvalue weighted by Gasteiger charge is 2.36. The van der Waals surface area contributed by atoms with Gasteiger partial charge in [0, 0.05) is 31.0 Å². The van der Waals surface area contributed by atoms with Gasteiger partial charge >= 0.3 is 0 Å². The summed E-state index contributed by atoms with van der Waals surface area (Å²) in [5.74, 6) is 0. The molecule has 21 heavy (non-hydrogen) atoms. The van der Waals surface area contributed by atoms with Crippen LogP contribution in [0.5, 0.6) is 0 Å². The Hall–Kier alpha value is -1.71. The van der Waals surface area contributed by atoms with Crippen LogP contribution in [-0.2, 0) is 6.54 Å². The first-order valence-electron chi connectivity index (χ1n) is 7.71. The molecule has 1 saturated carbocycles. The van der Waals surface area contributed by atoms with Gasteiger partial charge in [-0.25, -0.2) is 0 Å². The fourth-order valence-electron chi connectivity index (χ4n) is 3.00. The van der Waals surface area contributed by atoms with Gasteiger partial charge < -0.3 is 5.73 Å². The van der Waals surface area contributed by atoms with Crippen molar-refractivity contribution in [3.8, 4) is 0 Å². The molecule has 1 aromatic carbocycles. The van der Waals surface area contributed by atoms with Gasteiger partial charge in [-0.2, -0.15) is 0 Å². The van der Waals surface area contributed by atoms with Crippen LogP contribution in [0.4, 0.5) is 0 Å². The van der Waals surface area contributed by atoms with E-state index in [4.69, 9.17) is 5.73 Å². The van der Waals surface area contributed by atoms with E-state index in [-0.39, 0.29) is 12.1 Å². The van der Waals surface area contributed by atoms with E-state index in [0.717, 1.165) is 6.54 Å². The maximum Gasteiger partial charge on any atom is 0.0518 e. The summed E-state index contributed by atoms with van der Waals surface area (Å²) in [4.78, 5) is 6.83. The molecule has 1 aromatic heterocycles. The van der Waals surface area contributed by atoms with E-state index in [2.05, 4.69) is 53.2 Å². The molecule has 1 aliphatic rings. The maximum absolute atomic E-state index is 6.32. The molecule has 3 heteroatoms. The number of nitrogens with two attached hydrogens (primary N) is 1. The van der Waals surface area contributed by atoms with Crippen molar-refractivity contribution in [3.05, 3.63) is 66.0 Å². The van der Waals surface area contributed by atoms with Gasteiger partial charge in [0.05, 0.1) is 6.04 Å². The van der Waals surface area contributed by atoms with Crippen molar-refractivity contribution in [2.75, 3.05) is 0 Å². The van der Waals surface area contributed by atoms with Crippen molar-refractivity contribution in [1.82, 2.24) is 9.88 Å². The fraction of sp³-hybridized carbons (Fsp3) is 0.389. The molecule has 2 unspecified atom stereocenters.